The lowest BCUT2D eigenvalue weighted by molar-refractivity contribution is -0.138. The summed E-state index contributed by atoms with van der Waals surface area (Å²) < 4.78 is 7.22. The molecule has 1 aliphatic rings. The average Bonchev–Trinajstić information content (AvgIpc) is 3.23. The number of carbonyl (C=O) groups is 2. The van der Waals surface area contributed by atoms with Crippen LogP contribution in [-0.2, 0) is 9.53 Å². The highest BCUT2D eigenvalue weighted by Gasteiger charge is 2.30. The summed E-state index contributed by atoms with van der Waals surface area (Å²) in [5.41, 5.74) is 5.16. The second-order valence-electron chi connectivity index (χ2n) is 8.00. The van der Waals surface area contributed by atoms with Crippen LogP contribution in [0.1, 0.15) is 25.0 Å². The standard InChI is InChI=1S/C25H27N5O3S/c1-5-33-23(31)21-17(4)26-24(32)27-20(21)14-34-25-29-28-22(18-9-7-6-8-10-18)30(25)19-12-11-15(2)16(3)13-19/h6-13,17H,5,14H2,1-4H3,(H2,26,27,32)/t17-/m1/s1. The minimum Gasteiger partial charge on any atom is -0.463 e. The summed E-state index contributed by atoms with van der Waals surface area (Å²) in [6.07, 6.45) is 0. The first kappa shape index (κ1) is 23.6. The van der Waals surface area contributed by atoms with E-state index in [1.165, 1.54) is 17.3 Å². The van der Waals surface area contributed by atoms with Crippen LogP contribution in [0.15, 0.2) is 65.0 Å². The van der Waals surface area contributed by atoms with E-state index in [4.69, 9.17) is 4.74 Å². The molecule has 3 aromatic rings. The number of benzene rings is 2. The molecule has 2 aromatic carbocycles. The van der Waals surface area contributed by atoms with Gasteiger partial charge in [-0.2, -0.15) is 0 Å². The van der Waals surface area contributed by atoms with Gasteiger partial charge in [0.05, 0.1) is 23.9 Å². The van der Waals surface area contributed by atoms with Crippen LogP contribution in [0.5, 0.6) is 0 Å². The summed E-state index contributed by atoms with van der Waals surface area (Å²) in [4.78, 5) is 24.7. The van der Waals surface area contributed by atoms with Crippen molar-refractivity contribution < 1.29 is 14.3 Å². The molecule has 2 N–H and O–H groups in total. The third-order valence-corrected chi connectivity index (χ3v) is 6.58. The number of nitrogens with zero attached hydrogens (tertiary/aromatic N) is 3. The van der Waals surface area contributed by atoms with E-state index in [0.29, 0.717) is 28.0 Å². The number of amides is 2. The van der Waals surface area contributed by atoms with Crippen molar-refractivity contribution in [1.29, 1.82) is 0 Å². The van der Waals surface area contributed by atoms with Crippen LogP contribution in [0, 0.1) is 13.8 Å². The first-order valence-corrected chi connectivity index (χ1v) is 12.1. The molecule has 2 heterocycles. The fourth-order valence-electron chi connectivity index (χ4n) is 3.77. The third kappa shape index (κ3) is 4.84. The number of urea groups is 1. The van der Waals surface area contributed by atoms with Crippen molar-refractivity contribution in [3.05, 3.63) is 70.9 Å². The van der Waals surface area contributed by atoms with Crippen molar-refractivity contribution in [2.45, 2.75) is 38.9 Å². The molecule has 2 amide bonds. The summed E-state index contributed by atoms with van der Waals surface area (Å²) in [6, 6.07) is 15.3. The van der Waals surface area contributed by atoms with Crippen LogP contribution >= 0.6 is 11.8 Å². The number of esters is 1. The number of hydrogen-bond acceptors (Lipinski definition) is 6. The molecule has 0 bridgehead atoms. The van der Waals surface area contributed by atoms with Gasteiger partial charge in [-0.3, -0.25) is 4.57 Å². The van der Waals surface area contributed by atoms with Gasteiger partial charge in [0.2, 0.25) is 0 Å². The van der Waals surface area contributed by atoms with E-state index in [-0.39, 0.29) is 12.6 Å². The number of aromatic nitrogens is 3. The molecule has 34 heavy (non-hydrogen) atoms. The van der Waals surface area contributed by atoms with Gasteiger partial charge in [-0.05, 0) is 51.0 Å². The summed E-state index contributed by atoms with van der Waals surface area (Å²) in [7, 11) is 0. The molecule has 0 aliphatic carbocycles. The second-order valence-corrected chi connectivity index (χ2v) is 8.94. The van der Waals surface area contributed by atoms with Crippen LogP contribution < -0.4 is 10.6 Å². The SMILES string of the molecule is CCOC(=O)C1=C(CSc2nnc(-c3ccccc3)n2-c2ccc(C)c(C)c2)NC(=O)N[C@@H]1C. The molecule has 9 heteroatoms. The van der Waals surface area contributed by atoms with Gasteiger partial charge < -0.3 is 15.4 Å². The molecule has 1 aliphatic heterocycles. The first-order valence-electron chi connectivity index (χ1n) is 11.1. The Hall–Kier alpha value is -3.59. The maximum Gasteiger partial charge on any atom is 0.337 e. The lowest BCUT2D eigenvalue weighted by atomic mass is 10.1. The van der Waals surface area contributed by atoms with Gasteiger partial charge in [-0.15, -0.1) is 10.2 Å². The largest absolute Gasteiger partial charge is 0.463 e. The minimum absolute atomic E-state index is 0.255. The lowest BCUT2D eigenvalue weighted by Gasteiger charge is -2.26. The summed E-state index contributed by atoms with van der Waals surface area (Å²) in [6.45, 7) is 7.92. The van der Waals surface area contributed by atoms with E-state index in [1.807, 2.05) is 41.0 Å². The fourth-order valence-corrected chi connectivity index (χ4v) is 4.69. The Balaban J connectivity index is 1.74. The molecule has 4 rings (SSSR count). The maximum atomic E-state index is 12.6. The number of aryl methyl sites for hydroxylation is 2. The summed E-state index contributed by atoms with van der Waals surface area (Å²) in [5, 5.41) is 15.1. The molecule has 0 saturated heterocycles. The van der Waals surface area contributed by atoms with Gasteiger partial charge in [0.15, 0.2) is 11.0 Å². The van der Waals surface area contributed by atoms with Crippen LogP contribution in [-0.4, -0.2) is 45.2 Å². The predicted molar refractivity (Wildman–Crippen MR) is 132 cm³/mol. The fraction of sp³-hybridized carbons (Fsp3) is 0.280. The number of carbonyl (C=O) groups excluding carboxylic acids is 2. The highest BCUT2D eigenvalue weighted by molar-refractivity contribution is 7.99. The summed E-state index contributed by atoms with van der Waals surface area (Å²) >= 11 is 1.40. The van der Waals surface area contributed by atoms with Crippen LogP contribution in [0.2, 0.25) is 0 Å². The molecule has 0 radical (unpaired) electrons. The molecule has 1 aromatic heterocycles. The Labute approximate surface area is 202 Å². The highest BCUT2D eigenvalue weighted by atomic mass is 32.2. The monoisotopic (exact) mass is 477 g/mol. The minimum atomic E-state index is -0.458. The molecule has 0 spiro atoms. The van der Waals surface area contributed by atoms with Crippen molar-refractivity contribution in [1.82, 2.24) is 25.4 Å². The van der Waals surface area contributed by atoms with Crippen LogP contribution in [0.4, 0.5) is 4.79 Å². The Morgan fingerprint density at radius 3 is 2.59 bits per heavy atom. The zero-order valence-corrected chi connectivity index (χ0v) is 20.4. The number of thioether (sulfide) groups is 1. The molecule has 8 nitrogen and oxygen atoms in total. The smallest absolute Gasteiger partial charge is 0.337 e. The second kappa shape index (κ2) is 10.1. The predicted octanol–water partition coefficient (Wildman–Crippen LogP) is 4.16. The number of rotatable bonds is 7. The average molecular weight is 478 g/mol. The third-order valence-electron chi connectivity index (χ3n) is 5.63. The van der Waals surface area contributed by atoms with E-state index in [1.54, 1.807) is 13.8 Å². The summed E-state index contributed by atoms with van der Waals surface area (Å²) in [5.74, 6) is 0.594. The molecule has 176 valence electrons. The van der Waals surface area contributed by atoms with Gasteiger partial charge in [0.1, 0.15) is 0 Å². The molecular weight excluding hydrogens is 450 g/mol. The van der Waals surface area contributed by atoms with Gasteiger partial charge >= 0.3 is 12.0 Å². The van der Waals surface area contributed by atoms with E-state index >= 15 is 0 Å². The van der Waals surface area contributed by atoms with E-state index < -0.39 is 12.0 Å². The van der Waals surface area contributed by atoms with Crippen molar-refractivity contribution in [3.8, 4) is 17.1 Å². The normalized spacial score (nSPS) is 15.6. The zero-order valence-electron chi connectivity index (χ0n) is 19.6. The van der Waals surface area contributed by atoms with Crippen molar-refractivity contribution >= 4 is 23.8 Å². The van der Waals surface area contributed by atoms with E-state index in [9.17, 15) is 9.59 Å². The highest BCUT2D eigenvalue weighted by Crippen LogP contribution is 2.30. The van der Waals surface area contributed by atoms with Crippen molar-refractivity contribution in [2.75, 3.05) is 12.4 Å². The van der Waals surface area contributed by atoms with E-state index in [2.05, 4.69) is 46.8 Å². The van der Waals surface area contributed by atoms with Crippen LogP contribution in [0.25, 0.3) is 17.1 Å². The molecule has 1 atom stereocenters. The van der Waals surface area contributed by atoms with E-state index in [0.717, 1.165) is 16.8 Å². The van der Waals surface area contributed by atoms with Gasteiger partial charge in [0, 0.05) is 17.0 Å². The lowest BCUT2D eigenvalue weighted by Crippen LogP contribution is -2.49. The van der Waals surface area contributed by atoms with Gasteiger partial charge in [-0.1, -0.05) is 48.2 Å². The Morgan fingerprint density at radius 2 is 1.88 bits per heavy atom. The maximum absolute atomic E-state index is 12.6. The Morgan fingerprint density at radius 1 is 1.12 bits per heavy atom. The van der Waals surface area contributed by atoms with Crippen LogP contribution in [0.3, 0.4) is 0 Å². The molecular formula is C25H27N5O3S. The molecule has 0 fully saturated rings. The zero-order chi connectivity index (χ0) is 24.2. The topological polar surface area (TPSA) is 98.1 Å². The van der Waals surface area contributed by atoms with Gasteiger partial charge in [-0.25, -0.2) is 9.59 Å². The first-order chi connectivity index (χ1) is 16.4. The van der Waals surface area contributed by atoms with Crippen molar-refractivity contribution in [2.24, 2.45) is 0 Å². The molecule has 0 saturated carbocycles. The number of ether oxygens (including phenoxy) is 1. The van der Waals surface area contributed by atoms with Crippen molar-refractivity contribution in [3.63, 3.8) is 0 Å². The Bertz CT molecular complexity index is 1250. The Kier molecular flexibility index (Phi) is 7.02. The number of nitrogens with one attached hydrogen (secondary N) is 2. The quantitative estimate of drug-likeness (QED) is 0.392. The van der Waals surface area contributed by atoms with Gasteiger partial charge in [0.25, 0.3) is 0 Å². The molecule has 0 unspecified atom stereocenters. The number of hydrogen-bond donors (Lipinski definition) is 2.